The summed E-state index contributed by atoms with van der Waals surface area (Å²) in [5.41, 5.74) is 0.915. The van der Waals surface area contributed by atoms with Gasteiger partial charge in [0.1, 0.15) is 0 Å². The number of hydrogen-bond donors (Lipinski definition) is 1. The van der Waals surface area contributed by atoms with E-state index in [2.05, 4.69) is 0 Å². The molecule has 5 nitrogen and oxygen atoms in total. The number of imide groups is 1. The van der Waals surface area contributed by atoms with Crippen molar-refractivity contribution >= 4 is 17.8 Å². The summed E-state index contributed by atoms with van der Waals surface area (Å²) in [4.78, 5) is 35.9. The molecule has 0 aromatic heterocycles. The van der Waals surface area contributed by atoms with Crippen molar-refractivity contribution < 1.29 is 19.5 Å². The third kappa shape index (κ3) is 2.68. The number of amides is 2. The molecule has 1 aliphatic rings. The zero-order valence-electron chi connectivity index (χ0n) is 12.4. The van der Waals surface area contributed by atoms with E-state index in [0.29, 0.717) is 0 Å². The van der Waals surface area contributed by atoms with Crippen LogP contribution in [-0.2, 0) is 20.8 Å². The summed E-state index contributed by atoms with van der Waals surface area (Å²) in [6.07, 6.45) is 0.187. The van der Waals surface area contributed by atoms with Crippen LogP contribution in [0.4, 0.5) is 0 Å². The number of carbonyl (C=O) groups excluding carboxylic acids is 2. The lowest BCUT2D eigenvalue weighted by molar-refractivity contribution is -0.140. The minimum absolute atomic E-state index is 0.0217. The Kier molecular flexibility index (Phi) is 3.85. The topological polar surface area (TPSA) is 74.7 Å². The van der Waals surface area contributed by atoms with Crippen molar-refractivity contribution in [3.8, 4) is 0 Å². The number of aliphatic carboxylic acids is 1. The Morgan fingerprint density at radius 3 is 2.33 bits per heavy atom. The molecule has 0 spiro atoms. The summed E-state index contributed by atoms with van der Waals surface area (Å²) in [7, 11) is 1.51. The van der Waals surface area contributed by atoms with Gasteiger partial charge in [0.05, 0.1) is 11.8 Å². The molecule has 1 aromatic carbocycles. The van der Waals surface area contributed by atoms with E-state index < -0.39 is 11.4 Å². The molecule has 1 heterocycles. The van der Waals surface area contributed by atoms with Crippen LogP contribution in [0.3, 0.4) is 0 Å². The highest BCUT2D eigenvalue weighted by Gasteiger charge is 2.50. The number of nitrogens with zero attached hydrogens (tertiary/aromatic N) is 1. The van der Waals surface area contributed by atoms with E-state index in [9.17, 15) is 14.4 Å². The SMILES string of the molecule is C[C@H](c1ccc(CC(=O)O)cc1)[C@]1(C)CC(=O)N(C)C1=O. The van der Waals surface area contributed by atoms with E-state index in [-0.39, 0.29) is 30.6 Å². The number of carboxylic acids is 1. The van der Waals surface area contributed by atoms with Gasteiger partial charge in [0, 0.05) is 13.5 Å². The van der Waals surface area contributed by atoms with Gasteiger partial charge in [-0.05, 0) is 24.0 Å². The average Bonchev–Trinajstić information content (AvgIpc) is 2.63. The quantitative estimate of drug-likeness (QED) is 0.858. The van der Waals surface area contributed by atoms with Gasteiger partial charge in [-0.15, -0.1) is 0 Å². The van der Waals surface area contributed by atoms with Crippen molar-refractivity contribution in [1.82, 2.24) is 4.90 Å². The maximum atomic E-state index is 12.3. The average molecular weight is 289 g/mol. The standard InChI is InChI=1S/C16H19NO4/c1-10(16(2)9-13(18)17(3)15(16)21)12-6-4-11(5-7-12)8-14(19)20/h4-7,10H,8-9H2,1-3H3,(H,19,20)/t10-,16+/m1/s1. The van der Waals surface area contributed by atoms with Crippen LogP contribution < -0.4 is 0 Å². The van der Waals surface area contributed by atoms with Crippen LogP contribution in [-0.4, -0.2) is 34.8 Å². The number of hydrogen-bond acceptors (Lipinski definition) is 3. The first-order chi connectivity index (χ1) is 9.75. The number of rotatable bonds is 4. The van der Waals surface area contributed by atoms with Gasteiger partial charge < -0.3 is 5.11 Å². The molecule has 0 unspecified atom stereocenters. The molecular formula is C16H19NO4. The predicted octanol–water partition coefficient (Wildman–Crippen LogP) is 1.81. The number of carboxylic acid groups (broad SMARTS) is 1. The molecule has 0 aliphatic carbocycles. The van der Waals surface area contributed by atoms with Crippen molar-refractivity contribution in [3.05, 3.63) is 35.4 Å². The molecule has 112 valence electrons. The minimum Gasteiger partial charge on any atom is -0.481 e. The monoisotopic (exact) mass is 289 g/mol. The highest BCUT2D eigenvalue weighted by atomic mass is 16.4. The molecule has 1 aliphatic heterocycles. The first-order valence-electron chi connectivity index (χ1n) is 6.87. The molecule has 2 atom stereocenters. The highest BCUT2D eigenvalue weighted by Crippen LogP contribution is 2.44. The van der Waals surface area contributed by atoms with E-state index >= 15 is 0 Å². The second-order valence-electron chi connectivity index (χ2n) is 5.89. The second kappa shape index (κ2) is 5.31. The lowest BCUT2D eigenvalue weighted by Gasteiger charge is -2.29. The van der Waals surface area contributed by atoms with E-state index in [4.69, 9.17) is 5.11 Å². The Bertz CT molecular complexity index is 593. The fourth-order valence-electron chi connectivity index (χ4n) is 2.81. The maximum Gasteiger partial charge on any atom is 0.307 e. The molecule has 1 saturated heterocycles. The largest absolute Gasteiger partial charge is 0.481 e. The highest BCUT2D eigenvalue weighted by molar-refractivity contribution is 6.05. The van der Waals surface area contributed by atoms with Crippen molar-refractivity contribution in [1.29, 1.82) is 0 Å². The molecule has 2 amide bonds. The van der Waals surface area contributed by atoms with E-state index in [0.717, 1.165) is 11.1 Å². The zero-order valence-corrected chi connectivity index (χ0v) is 12.4. The van der Waals surface area contributed by atoms with Crippen molar-refractivity contribution in [2.45, 2.75) is 32.6 Å². The van der Waals surface area contributed by atoms with Gasteiger partial charge in [-0.25, -0.2) is 0 Å². The van der Waals surface area contributed by atoms with E-state index in [1.165, 1.54) is 11.9 Å². The second-order valence-corrected chi connectivity index (χ2v) is 5.89. The first kappa shape index (κ1) is 15.2. The minimum atomic E-state index is -0.874. The Morgan fingerprint density at radius 1 is 1.33 bits per heavy atom. The smallest absolute Gasteiger partial charge is 0.307 e. The van der Waals surface area contributed by atoms with Crippen LogP contribution in [0.2, 0.25) is 0 Å². The molecule has 1 N–H and O–H groups in total. The molecule has 0 bridgehead atoms. The van der Waals surface area contributed by atoms with E-state index in [1.54, 1.807) is 12.1 Å². The number of likely N-dealkylation sites (tertiary alicyclic amines) is 1. The molecular weight excluding hydrogens is 270 g/mol. The molecule has 1 aromatic rings. The summed E-state index contributed by atoms with van der Waals surface area (Å²) >= 11 is 0. The lowest BCUT2D eigenvalue weighted by Crippen LogP contribution is -2.34. The van der Waals surface area contributed by atoms with Crippen LogP contribution in [0, 0.1) is 5.41 Å². The number of carbonyl (C=O) groups is 3. The normalized spacial score (nSPS) is 23.5. The predicted molar refractivity (Wildman–Crippen MR) is 76.7 cm³/mol. The van der Waals surface area contributed by atoms with Gasteiger partial charge >= 0.3 is 5.97 Å². The van der Waals surface area contributed by atoms with Crippen LogP contribution in [0.25, 0.3) is 0 Å². The van der Waals surface area contributed by atoms with Gasteiger partial charge in [-0.3, -0.25) is 19.3 Å². The Hall–Kier alpha value is -2.17. The van der Waals surface area contributed by atoms with Crippen molar-refractivity contribution in [3.63, 3.8) is 0 Å². The number of benzene rings is 1. The van der Waals surface area contributed by atoms with Crippen LogP contribution in [0.1, 0.15) is 37.3 Å². The van der Waals surface area contributed by atoms with Crippen LogP contribution in [0.5, 0.6) is 0 Å². The summed E-state index contributed by atoms with van der Waals surface area (Å²) in [6, 6.07) is 7.19. The van der Waals surface area contributed by atoms with Gasteiger partial charge in [-0.1, -0.05) is 31.2 Å². The van der Waals surface area contributed by atoms with Crippen LogP contribution in [0.15, 0.2) is 24.3 Å². The molecule has 2 rings (SSSR count). The molecule has 21 heavy (non-hydrogen) atoms. The maximum absolute atomic E-state index is 12.3. The summed E-state index contributed by atoms with van der Waals surface area (Å²) in [5.74, 6) is -1.30. The van der Waals surface area contributed by atoms with Crippen molar-refractivity contribution in [2.24, 2.45) is 5.41 Å². The Balaban J connectivity index is 2.24. The van der Waals surface area contributed by atoms with Crippen LogP contribution >= 0.6 is 0 Å². The molecule has 0 saturated carbocycles. The summed E-state index contributed by atoms with van der Waals surface area (Å²) in [5, 5.41) is 8.76. The Morgan fingerprint density at radius 2 is 1.90 bits per heavy atom. The van der Waals surface area contributed by atoms with Gasteiger partial charge in [0.15, 0.2) is 0 Å². The van der Waals surface area contributed by atoms with Gasteiger partial charge in [0.25, 0.3) is 0 Å². The summed E-state index contributed by atoms with van der Waals surface area (Å²) in [6.45, 7) is 3.74. The van der Waals surface area contributed by atoms with E-state index in [1.807, 2.05) is 26.0 Å². The molecule has 0 radical (unpaired) electrons. The third-order valence-electron chi connectivity index (χ3n) is 4.48. The zero-order chi connectivity index (χ0) is 15.8. The fourth-order valence-corrected chi connectivity index (χ4v) is 2.81. The fraction of sp³-hybridized carbons (Fsp3) is 0.438. The molecule has 1 fully saturated rings. The third-order valence-corrected chi connectivity index (χ3v) is 4.48. The lowest BCUT2D eigenvalue weighted by atomic mass is 9.73. The Labute approximate surface area is 123 Å². The van der Waals surface area contributed by atoms with Gasteiger partial charge in [0.2, 0.25) is 11.8 Å². The first-order valence-corrected chi connectivity index (χ1v) is 6.87. The summed E-state index contributed by atoms with van der Waals surface area (Å²) < 4.78 is 0. The molecule has 5 heteroatoms. The van der Waals surface area contributed by atoms with Crippen molar-refractivity contribution in [2.75, 3.05) is 7.05 Å². The van der Waals surface area contributed by atoms with Gasteiger partial charge in [-0.2, -0.15) is 0 Å².